The van der Waals surface area contributed by atoms with Crippen molar-refractivity contribution < 1.29 is 23.8 Å². The fraction of sp³-hybridized carbons (Fsp3) is 0.259. The summed E-state index contributed by atoms with van der Waals surface area (Å²) in [7, 11) is 4.69. The zero-order valence-electron chi connectivity index (χ0n) is 19.9. The average molecular weight is 493 g/mol. The van der Waals surface area contributed by atoms with Crippen LogP contribution in [0, 0.1) is 0 Å². The number of hydrogen-bond donors (Lipinski definition) is 1. The maximum atomic E-state index is 13.4. The van der Waals surface area contributed by atoms with Crippen molar-refractivity contribution in [1.82, 2.24) is 5.32 Å². The topological polar surface area (TPSA) is 77.1 Å². The fourth-order valence-electron chi connectivity index (χ4n) is 4.02. The van der Waals surface area contributed by atoms with Crippen LogP contribution < -0.4 is 24.4 Å². The second-order valence-electron chi connectivity index (χ2n) is 7.98. The minimum atomic E-state index is -0.215. The molecule has 0 aromatic heterocycles. The number of carbonyl (C=O) groups is 2. The molecule has 3 aromatic rings. The molecule has 0 aliphatic carbocycles. The van der Waals surface area contributed by atoms with Crippen LogP contribution in [0.5, 0.6) is 17.2 Å². The zero-order chi connectivity index (χ0) is 24.8. The number of methoxy groups -OCH3 is 3. The number of rotatable bonds is 8. The molecular formula is C27H28N2O5S. The molecule has 7 nitrogen and oxygen atoms in total. The summed E-state index contributed by atoms with van der Waals surface area (Å²) >= 11 is 1.58. The molecule has 1 aliphatic rings. The highest BCUT2D eigenvalue weighted by Crippen LogP contribution is 2.48. The average Bonchev–Trinajstić information content (AvgIpc) is 3.03. The van der Waals surface area contributed by atoms with Gasteiger partial charge in [0.1, 0.15) is 6.54 Å². The van der Waals surface area contributed by atoms with Gasteiger partial charge in [0.25, 0.3) is 0 Å². The first-order valence-electron chi connectivity index (χ1n) is 11.2. The SMILES string of the molecule is COc1cc(C2CC(=O)N(CC(=O)NCc3ccccc3)c3ccccc3S2)cc(OC)c1OC. The Morgan fingerprint density at radius 1 is 0.971 bits per heavy atom. The van der Waals surface area contributed by atoms with Crippen LogP contribution in [0.15, 0.2) is 71.6 Å². The van der Waals surface area contributed by atoms with Crippen LogP contribution in [-0.2, 0) is 16.1 Å². The van der Waals surface area contributed by atoms with Crippen molar-refractivity contribution >= 4 is 29.3 Å². The van der Waals surface area contributed by atoms with Gasteiger partial charge in [-0.3, -0.25) is 9.59 Å². The Balaban J connectivity index is 1.59. The highest BCUT2D eigenvalue weighted by atomic mass is 32.2. The molecule has 2 amide bonds. The second kappa shape index (κ2) is 11.2. The minimum absolute atomic E-state index is 0.0504. The number of anilines is 1. The molecule has 8 heteroatoms. The molecule has 1 heterocycles. The van der Waals surface area contributed by atoms with Gasteiger partial charge in [-0.1, -0.05) is 42.5 Å². The third-order valence-corrected chi connectivity index (χ3v) is 7.10. The van der Waals surface area contributed by atoms with E-state index in [2.05, 4.69) is 5.32 Å². The lowest BCUT2D eigenvalue weighted by atomic mass is 10.1. The normalized spacial score (nSPS) is 15.1. The van der Waals surface area contributed by atoms with Gasteiger partial charge in [0.15, 0.2) is 11.5 Å². The Morgan fingerprint density at radius 2 is 1.63 bits per heavy atom. The molecule has 0 bridgehead atoms. The third kappa shape index (κ3) is 5.54. The van der Waals surface area contributed by atoms with E-state index in [1.807, 2.05) is 66.7 Å². The largest absolute Gasteiger partial charge is 0.493 e. The summed E-state index contributed by atoms with van der Waals surface area (Å²) in [5, 5.41) is 2.72. The van der Waals surface area contributed by atoms with Crippen LogP contribution in [-0.4, -0.2) is 39.7 Å². The standard InChI is InChI=1S/C27H28N2O5S/c1-32-21-13-19(14-22(33-2)27(21)34-3)24-15-26(31)29(20-11-7-8-12-23(20)35-24)17-25(30)28-16-18-9-5-4-6-10-18/h4-14,24H,15-17H2,1-3H3,(H,28,30). The number of amides is 2. The van der Waals surface area contributed by atoms with Crippen molar-refractivity contribution in [2.75, 3.05) is 32.8 Å². The van der Waals surface area contributed by atoms with Gasteiger partial charge in [-0.05, 0) is 35.4 Å². The summed E-state index contributed by atoms with van der Waals surface area (Å²) in [6, 6.07) is 21.1. The Morgan fingerprint density at radius 3 is 2.29 bits per heavy atom. The molecule has 3 aromatic carbocycles. The highest BCUT2D eigenvalue weighted by molar-refractivity contribution is 7.99. The summed E-state index contributed by atoms with van der Waals surface area (Å²) in [6.45, 7) is 0.359. The Bertz CT molecular complexity index is 1180. The van der Waals surface area contributed by atoms with Crippen LogP contribution in [0.2, 0.25) is 0 Å². The van der Waals surface area contributed by atoms with E-state index in [9.17, 15) is 9.59 Å². The number of ether oxygens (including phenoxy) is 3. The number of thioether (sulfide) groups is 1. The molecule has 0 fully saturated rings. The molecule has 1 unspecified atom stereocenters. The van der Waals surface area contributed by atoms with Crippen molar-refractivity contribution in [3.63, 3.8) is 0 Å². The number of benzene rings is 3. The maximum absolute atomic E-state index is 13.4. The molecule has 182 valence electrons. The van der Waals surface area contributed by atoms with Crippen LogP contribution in [0.1, 0.15) is 22.8 Å². The summed E-state index contributed by atoms with van der Waals surface area (Å²) in [6.07, 6.45) is 0.212. The lowest BCUT2D eigenvalue weighted by Gasteiger charge is -2.22. The smallest absolute Gasteiger partial charge is 0.240 e. The van der Waals surface area contributed by atoms with Gasteiger partial charge in [0.2, 0.25) is 17.6 Å². The van der Waals surface area contributed by atoms with Crippen LogP contribution in [0.25, 0.3) is 0 Å². The molecule has 0 saturated carbocycles. The summed E-state index contributed by atoms with van der Waals surface area (Å²) in [5.41, 5.74) is 2.61. The van der Waals surface area contributed by atoms with Gasteiger partial charge in [-0.25, -0.2) is 0 Å². The van der Waals surface area contributed by atoms with E-state index in [0.29, 0.717) is 23.8 Å². The predicted molar refractivity (Wildman–Crippen MR) is 136 cm³/mol. The molecule has 0 spiro atoms. The first-order chi connectivity index (χ1) is 17.0. The van der Waals surface area contributed by atoms with Crippen LogP contribution >= 0.6 is 11.8 Å². The lowest BCUT2D eigenvalue weighted by Crippen LogP contribution is -2.40. The van der Waals surface area contributed by atoms with E-state index in [1.165, 1.54) is 0 Å². The molecule has 1 N–H and O–H groups in total. The van der Waals surface area contributed by atoms with Crippen molar-refractivity contribution in [2.45, 2.75) is 23.1 Å². The monoisotopic (exact) mass is 492 g/mol. The van der Waals surface area contributed by atoms with E-state index >= 15 is 0 Å². The van der Waals surface area contributed by atoms with Gasteiger partial charge >= 0.3 is 0 Å². The summed E-state index contributed by atoms with van der Waals surface area (Å²) in [5.74, 6) is 1.22. The molecule has 0 radical (unpaired) electrons. The van der Waals surface area contributed by atoms with Crippen molar-refractivity contribution in [2.24, 2.45) is 0 Å². The van der Waals surface area contributed by atoms with E-state index in [4.69, 9.17) is 14.2 Å². The van der Waals surface area contributed by atoms with Crippen molar-refractivity contribution in [3.05, 3.63) is 77.9 Å². The number of fused-ring (bicyclic) bond motifs is 1. The van der Waals surface area contributed by atoms with Gasteiger partial charge in [-0.15, -0.1) is 11.8 Å². The number of carbonyl (C=O) groups excluding carboxylic acids is 2. The molecule has 1 atom stereocenters. The van der Waals surface area contributed by atoms with Gasteiger partial charge in [-0.2, -0.15) is 0 Å². The highest BCUT2D eigenvalue weighted by Gasteiger charge is 2.31. The molecule has 0 saturated heterocycles. The van der Waals surface area contributed by atoms with E-state index in [0.717, 1.165) is 21.7 Å². The molecule has 4 rings (SSSR count). The van der Waals surface area contributed by atoms with E-state index in [-0.39, 0.29) is 30.0 Å². The third-order valence-electron chi connectivity index (χ3n) is 5.78. The van der Waals surface area contributed by atoms with Crippen LogP contribution in [0.4, 0.5) is 5.69 Å². The fourth-order valence-corrected chi connectivity index (χ4v) is 5.28. The molecule has 1 aliphatic heterocycles. The molecular weight excluding hydrogens is 464 g/mol. The lowest BCUT2D eigenvalue weighted by molar-refractivity contribution is -0.124. The Hall–Kier alpha value is -3.65. The van der Waals surface area contributed by atoms with Gasteiger partial charge in [0.05, 0.1) is 27.0 Å². The van der Waals surface area contributed by atoms with E-state index in [1.54, 1.807) is 38.0 Å². The molecule has 35 heavy (non-hydrogen) atoms. The Kier molecular flexibility index (Phi) is 7.82. The number of para-hydroxylation sites is 1. The summed E-state index contributed by atoms with van der Waals surface area (Å²) < 4.78 is 16.5. The van der Waals surface area contributed by atoms with Crippen LogP contribution in [0.3, 0.4) is 0 Å². The first kappa shape index (κ1) is 24.5. The predicted octanol–water partition coefficient (Wildman–Crippen LogP) is 4.60. The van der Waals surface area contributed by atoms with E-state index < -0.39 is 0 Å². The quantitative estimate of drug-likeness (QED) is 0.495. The van der Waals surface area contributed by atoms with Gasteiger partial charge in [0, 0.05) is 23.1 Å². The number of nitrogens with zero attached hydrogens (tertiary/aromatic N) is 1. The zero-order valence-corrected chi connectivity index (χ0v) is 20.8. The number of nitrogens with one attached hydrogen (secondary N) is 1. The second-order valence-corrected chi connectivity index (χ2v) is 9.22. The number of hydrogen-bond acceptors (Lipinski definition) is 6. The summed E-state index contributed by atoms with van der Waals surface area (Å²) in [4.78, 5) is 28.7. The minimum Gasteiger partial charge on any atom is -0.493 e. The van der Waals surface area contributed by atoms with Crippen molar-refractivity contribution in [1.29, 1.82) is 0 Å². The van der Waals surface area contributed by atoms with Gasteiger partial charge < -0.3 is 24.4 Å². The first-order valence-corrected chi connectivity index (χ1v) is 12.1. The maximum Gasteiger partial charge on any atom is 0.240 e. The van der Waals surface area contributed by atoms with Crippen molar-refractivity contribution in [3.8, 4) is 17.2 Å². The Labute approximate surface area is 209 Å².